The van der Waals surface area contributed by atoms with Crippen molar-refractivity contribution in [1.82, 2.24) is 20.9 Å². The number of carbonyl (C=O) groups is 5. The molecule has 0 bridgehead atoms. The van der Waals surface area contributed by atoms with Crippen LogP contribution in [0.15, 0.2) is 30.3 Å². The van der Waals surface area contributed by atoms with Crippen LogP contribution >= 0.6 is 0 Å². The zero-order chi connectivity index (χ0) is 23.3. The number of nitrogens with zero attached hydrogens (tertiary/aromatic N) is 1. The number of likely N-dealkylation sites (tertiary alicyclic amines) is 1. The Labute approximate surface area is 188 Å². The van der Waals surface area contributed by atoms with Crippen LogP contribution in [0.3, 0.4) is 0 Å². The van der Waals surface area contributed by atoms with E-state index in [4.69, 9.17) is 0 Å². The summed E-state index contributed by atoms with van der Waals surface area (Å²) in [4.78, 5) is 59.9. The van der Waals surface area contributed by atoms with Crippen molar-refractivity contribution < 1.29 is 24.0 Å². The fourth-order valence-electron chi connectivity index (χ4n) is 3.46. The van der Waals surface area contributed by atoms with Gasteiger partial charge in [-0.2, -0.15) is 0 Å². The molecule has 9 nitrogen and oxygen atoms in total. The van der Waals surface area contributed by atoms with Crippen molar-refractivity contribution >= 4 is 29.5 Å². The summed E-state index contributed by atoms with van der Waals surface area (Å²) < 4.78 is 0. The third-order valence-corrected chi connectivity index (χ3v) is 5.12. The van der Waals surface area contributed by atoms with Crippen molar-refractivity contribution in [2.45, 2.75) is 57.9 Å². The Kier molecular flexibility index (Phi) is 10.4. The number of rotatable bonds is 13. The number of imide groups is 1. The predicted molar refractivity (Wildman–Crippen MR) is 118 cm³/mol. The normalized spacial score (nSPS) is 14.2. The van der Waals surface area contributed by atoms with Crippen LogP contribution in [-0.2, 0) is 30.4 Å². The lowest BCUT2D eigenvalue weighted by molar-refractivity contribution is -0.138. The first kappa shape index (κ1) is 25.0. The van der Waals surface area contributed by atoms with Gasteiger partial charge in [0.25, 0.3) is 0 Å². The van der Waals surface area contributed by atoms with Crippen molar-refractivity contribution in [3.05, 3.63) is 35.9 Å². The first-order chi connectivity index (χ1) is 15.3. The highest BCUT2D eigenvalue weighted by atomic mass is 16.2. The van der Waals surface area contributed by atoms with Crippen molar-refractivity contribution in [3.8, 4) is 0 Å². The molecule has 32 heavy (non-hydrogen) atoms. The van der Waals surface area contributed by atoms with Gasteiger partial charge in [-0.15, -0.1) is 0 Å². The van der Waals surface area contributed by atoms with E-state index in [0.29, 0.717) is 32.2 Å². The molecule has 0 aliphatic carbocycles. The molecular formula is C23H32N4O5. The Balaban J connectivity index is 1.49. The van der Waals surface area contributed by atoms with Crippen LogP contribution in [0.25, 0.3) is 0 Å². The number of unbranched alkanes of at least 4 members (excludes halogenated alkanes) is 2. The first-order valence-electron chi connectivity index (χ1n) is 11.0. The van der Waals surface area contributed by atoms with Crippen LogP contribution < -0.4 is 16.0 Å². The summed E-state index contributed by atoms with van der Waals surface area (Å²) in [6.45, 7) is 1.95. The van der Waals surface area contributed by atoms with E-state index in [9.17, 15) is 24.0 Å². The van der Waals surface area contributed by atoms with Gasteiger partial charge < -0.3 is 16.0 Å². The minimum Gasteiger partial charge on any atom is -0.352 e. The fourth-order valence-corrected chi connectivity index (χ4v) is 3.46. The summed E-state index contributed by atoms with van der Waals surface area (Å²) in [6, 6.07) is 9.73. The summed E-state index contributed by atoms with van der Waals surface area (Å²) in [5.41, 5.74) is 1.12. The Bertz CT molecular complexity index is 796. The molecule has 1 aromatic rings. The van der Waals surface area contributed by atoms with Crippen molar-refractivity contribution in [1.29, 1.82) is 0 Å². The van der Waals surface area contributed by atoms with Crippen LogP contribution in [0.4, 0.5) is 0 Å². The Hall–Kier alpha value is -3.23. The molecule has 0 radical (unpaired) electrons. The minimum absolute atomic E-state index is 0.0665. The van der Waals surface area contributed by atoms with Crippen LogP contribution in [0.2, 0.25) is 0 Å². The lowest BCUT2D eigenvalue weighted by Crippen LogP contribution is -2.44. The molecule has 174 valence electrons. The second-order valence-electron chi connectivity index (χ2n) is 7.96. The first-order valence-corrected chi connectivity index (χ1v) is 11.0. The lowest BCUT2D eigenvalue weighted by Gasteiger charge is -2.14. The minimum atomic E-state index is -0.435. The number of carbonyl (C=O) groups excluding carboxylic acids is 5. The van der Waals surface area contributed by atoms with E-state index in [1.807, 2.05) is 37.3 Å². The van der Waals surface area contributed by atoms with Gasteiger partial charge in [0.2, 0.25) is 29.5 Å². The zero-order valence-corrected chi connectivity index (χ0v) is 18.5. The summed E-state index contributed by atoms with van der Waals surface area (Å²) in [6.07, 6.45) is 3.50. The molecular weight excluding hydrogens is 412 g/mol. The quantitative estimate of drug-likeness (QED) is 0.305. The van der Waals surface area contributed by atoms with E-state index in [-0.39, 0.29) is 62.0 Å². The molecule has 1 aliphatic heterocycles. The van der Waals surface area contributed by atoms with Gasteiger partial charge in [-0.05, 0) is 31.7 Å². The van der Waals surface area contributed by atoms with Gasteiger partial charge in [0.15, 0.2) is 0 Å². The van der Waals surface area contributed by atoms with Gasteiger partial charge in [-0.3, -0.25) is 28.9 Å². The maximum Gasteiger partial charge on any atom is 0.239 e. The van der Waals surface area contributed by atoms with E-state index < -0.39 is 5.91 Å². The largest absolute Gasteiger partial charge is 0.352 e. The van der Waals surface area contributed by atoms with Crippen LogP contribution in [-0.4, -0.2) is 60.1 Å². The summed E-state index contributed by atoms with van der Waals surface area (Å²) >= 11 is 0. The maximum absolute atomic E-state index is 12.0. The molecule has 0 aromatic heterocycles. The van der Waals surface area contributed by atoms with E-state index in [0.717, 1.165) is 5.56 Å². The molecule has 1 fully saturated rings. The van der Waals surface area contributed by atoms with Gasteiger partial charge in [0.05, 0.1) is 13.1 Å². The van der Waals surface area contributed by atoms with Crippen molar-refractivity contribution in [2.24, 2.45) is 0 Å². The number of benzene rings is 1. The third-order valence-electron chi connectivity index (χ3n) is 5.12. The smallest absolute Gasteiger partial charge is 0.239 e. The SMILES string of the molecule is CC(Cc1ccccc1)NC(=O)CNC(=O)CNC(=O)CCCCCN1C(=O)CCC1=O. The van der Waals surface area contributed by atoms with E-state index in [1.165, 1.54) is 4.90 Å². The predicted octanol–water partition coefficient (Wildman–Crippen LogP) is 0.676. The van der Waals surface area contributed by atoms with Crippen LogP contribution in [0, 0.1) is 0 Å². The topological polar surface area (TPSA) is 125 Å². The summed E-state index contributed by atoms with van der Waals surface area (Å²) in [7, 11) is 0. The zero-order valence-electron chi connectivity index (χ0n) is 18.5. The number of amides is 5. The molecule has 0 spiro atoms. The molecule has 3 N–H and O–H groups in total. The molecule has 0 saturated carbocycles. The Morgan fingerprint density at radius 3 is 2.19 bits per heavy atom. The highest BCUT2D eigenvalue weighted by molar-refractivity contribution is 6.01. The monoisotopic (exact) mass is 444 g/mol. The van der Waals surface area contributed by atoms with E-state index in [1.54, 1.807) is 0 Å². The number of hydrogen-bond donors (Lipinski definition) is 3. The van der Waals surface area contributed by atoms with Gasteiger partial charge in [-0.25, -0.2) is 0 Å². The maximum atomic E-state index is 12.0. The molecule has 9 heteroatoms. The average molecular weight is 445 g/mol. The van der Waals surface area contributed by atoms with Crippen molar-refractivity contribution in [2.75, 3.05) is 19.6 Å². The molecule has 2 rings (SSSR count). The summed E-state index contributed by atoms with van der Waals surface area (Å²) in [5, 5.41) is 7.84. The highest BCUT2D eigenvalue weighted by Gasteiger charge is 2.27. The molecule has 1 saturated heterocycles. The fraction of sp³-hybridized carbons (Fsp3) is 0.522. The molecule has 1 atom stereocenters. The lowest BCUT2D eigenvalue weighted by atomic mass is 10.1. The van der Waals surface area contributed by atoms with Gasteiger partial charge in [-0.1, -0.05) is 36.8 Å². The Morgan fingerprint density at radius 1 is 0.875 bits per heavy atom. The third kappa shape index (κ3) is 9.28. The molecule has 1 unspecified atom stereocenters. The second-order valence-corrected chi connectivity index (χ2v) is 7.96. The number of hydrogen-bond acceptors (Lipinski definition) is 5. The Morgan fingerprint density at radius 2 is 1.50 bits per heavy atom. The molecule has 1 heterocycles. The van der Waals surface area contributed by atoms with Gasteiger partial charge >= 0.3 is 0 Å². The van der Waals surface area contributed by atoms with Gasteiger partial charge in [0, 0.05) is 31.8 Å². The van der Waals surface area contributed by atoms with E-state index in [2.05, 4.69) is 16.0 Å². The van der Waals surface area contributed by atoms with Gasteiger partial charge in [0.1, 0.15) is 0 Å². The van der Waals surface area contributed by atoms with Crippen molar-refractivity contribution in [3.63, 3.8) is 0 Å². The average Bonchev–Trinajstić information content (AvgIpc) is 3.08. The molecule has 5 amide bonds. The number of nitrogens with one attached hydrogen (secondary N) is 3. The summed E-state index contributed by atoms with van der Waals surface area (Å²) in [5.74, 6) is -1.23. The van der Waals surface area contributed by atoms with Crippen LogP contribution in [0.5, 0.6) is 0 Å². The van der Waals surface area contributed by atoms with Crippen LogP contribution in [0.1, 0.15) is 51.0 Å². The second kappa shape index (κ2) is 13.2. The molecule has 1 aromatic carbocycles. The standard InChI is InChI=1S/C23H32N4O5/c1-17(14-18-8-4-2-5-9-18)26-21(30)16-25-20(29)15-24-19(28)10-6-3-7-13-27-22(31)11-12-23(27)32/h2,4-5,8-9,17H,3,6-7,10-16H2,1H3,(H,24,28)(H,25,29)(H,26,30). The van der Waals surface area contributed by atoms with E-state index >= 15 is 0 Å². The highest BCUT2D eigenvalue weighted by Crippen LogP contribution is 2.13. The molecule has 1 aliphatic rings.